The van der Waals surface area contributed by atoms with E-state index in [-0.39, 0.29) is 0 Å². The summed E-state index contributed by atoms with van der Waals surface area (Å²) < 4.78 is 7.92. The van der Waals surface area contributed by atoms with Crippen molar-refractivity contribution in [3.05, 3.63) is 46.0 Å². The van der Waals surface area contributed by atoms with E-state index in [9.17, 15) is 0 Å². The molecular weight excluding hydrogens is 359 g/mol. The molecule has 5 heteroatoms. The van der Waals surface area contributed by atoms with Gasteiger partial charge in [0.15, 0.2) is 0 Å². The maximum atomic E-state index is 5.75. The molecule has 1 heterocycles. The van der Waals surface area contributed by atoms with E-state index < -0.39 is 0 Å². The van der Waals surface area contributed by atoms with E-state index in [0.29, 0.717) is 5.19 Å². The fourth-order valence-corrected chi connectivity index (χ4v) is 2.99. The first-order chi connectivity index (χ1) is 8.70. The minimum atomic E-state index is 0.637. The average Bonchev–Trinajstić information content (AvgIpc) is 2.70. The third-order valence-electron chi connectivity index (χ3n) is 2.39. The van der Waals surface area contributed by atoms with Crippen LogP contribution in [-0.4, -0.2) is 4.98 Å². The van der Waals surface area contributed by atoms with Crippen LogP contribution in [-0.2, 0) is 0 Å². The molecule has 1 aromatic heterocycles. The van der Waals surface area contributed by atoms with Crippen molar-refractivity contribution >= 4 is 49.8 Å². The largest absolute Gasteiger partial charge is 0.431 e. The van der Waals surface area contributed by atoms with Crippen molar-refractivity contribution < 1.29 is 4.74 Å². The lowest BCUT2D eigenvalue weighted by Gasteiger charge is -2.00. The summed E-state index contributed by atoms with van der Waals surface area (Å²) in [5.74, 6) is 0.800. The number of nitrogen functional groups attached to an aromatic ring is 1. The smallest absolute Gasteiger partial charge is 0.279 e. The number of hydrogen-bond donors (Lipinski definition) is 1. The van der Waals surface area contributed by atoms with Gasteiger partial charge in [-0.3, -0.25) is 0 Å². The minimum absolute atomic E-state index is 0.637. The topological polar surface area (TPSA) is 48.1 Å². The molecule has 2 aromatic carbocycles. The predicted molar refractivity (Wildman–Crippen MR) is 83.3 cm³/mol. The average molecular weight is 368 g/mol. The first-order valence-electron chi connectivity index (χ1n) is 5.30. The molecule has 18 heavy (non-hydrogen) atoms. The predicted octanol–water partition coefficient (Wildman–Crippen LogP) is 4.28. The van der Waals surface area contributed by atoms with Gasteiger partial charge in [0, 0.05) is 9.26 Å². The molecule has 0 atom stereocenters. The second kappa shape index (κ2) is 4.74. The van der Waals surface area contributed by atoms with Crippen LogP contribution in [0.5, 0.6) is 10.9 Å². The number of halogens is 1. The number of hydrogen-bond acceptors (Lipinski definition) is 4. The van der Waals surface area contributed by atoms with Crippen molar-refractivity contribution in [2.75, 3.05) is 5.73 Å². The van der Waals surface area contributed by atoms with Crippen LogP contribution >= 0.6 is 33.9 Å². The molecule has 0 fully saturated rings. The van der Waals surface area contributed by atoms with Crippen LogP contribution in [0.3, 0.4) is 0 Å². The van der Waals surface area contributed by atoms with Crippen LogP contribution in [0.1, 0.15) is 0 Å². The van der Waals surface area contributed by atoms with Gasteiger partial charge in [0.05, 0.1) is 10.2 Å². The lowest BCUT2D eigenvalue weighted by Crippen LogP contribution is -1.83. The molecule has 0 radical (unpaired) electrons. The summed E-state index contributed by atoms with van der Waals surface area (Å²) in [6.07, 6.45) is 0. The molecular formula is C13H9IN2OS. The zero-order valence-electron chi connectivity index (χ0n) is 9.26. The van der Waals surface area contributed by atoms with Crippen LogP contribution < -0.4 is 10.5 Å². The van der Waals surface area contributed by atoms with Gasteiger partial charge in [-0.1, -0.05) is 17.4 Å². The molecule has 0 unspecified atom stereocenters. The quantitative estimate of drug-likeness (QED) is 0.543. The summed E-state index contributed by atoms with van der Waals surface area (Å²) in [6, 6.07) is 13.5. The summed E-state index contributed by atoms with van der Waals surface area (Å²) in [7, 11) is 0. The van der Waals surface area contributed by atoms with Gasteiger partial charge < -0.3 is 10.5 Å². The number of anilines is 1. The highest BCUT2D eigenvalue weighted by Gasteiger charge is 2.06. The molecule has 3 aromatic rings. The number of rotatable bonds is 2. The number of nitrogens with zero attached hydrogens (tertiary/aromatic N) is 1. The van der Waals surface area contributed by atoms with E-state index in [2.05, 4.69) is 27.6 Å². The number of nitrogens with two attached hydrogens (primary N) is 1. The van der Waals surface area contributed by atoms with E-state index in [0.717, 1.165) is 25.2 Å². The number of aromatic nitrogens is 1. The van der Waals surface area contributed by atoms with Gasteiger partial charge in [-0.05, 0) is 59.0 Å². The Balaban J connectivity index is 1.95. The summed E-state index contributed by atoms with van der Waals surface area (Å²) in [5.41, 5.74) is 7.40. The Morgan fingerprint density at radius 1 is 1.17 bits per heavy atom. The second-order valence-electron chi connectivity index (χ2n) is 3.77. The van der Waals surface area contributed by atoms with E-state index in [1.807, 2.05) is 42.5 Å². The summed E-state index contributed by atoms with van der Waals surface area (Å²) in [6.45, 7) is 0. The van der Waals surface area contributed by atoms with Gasteiger partial charge in [-0.2, -0.15) is 0 Å². The lowest BCUT2D eigenvalue weighted by molar-refractivity contribution is 0.480. The molecule has 0 aliphatic rings. The number of benzene rings is 2. The lowest BCUT2D eigenvalue weighted by atomic mass is 10.3. The molecule has 2 N–H and O–H groups in total. The van der Waals surface area contributed by atoms with Crippen LogP contribution in [0.2, 0.25) is 0 Å². The number of thiazole rings is 1. The van der Waals surface area contributed by atoms with E-state index in [1.165, 1.54) is 11.3 Å². The summed E-state index contributed by atoms with van der Waals surface area (Å²) in [4.78, 5) is 4.42. The molecule has 0 amide bonds. The van der Waals surface area contributed by atoms with Gasteiger partial charge in [0.1, 0.15) is 5.75 Å². The fraction of sp³-hybridized carbons (Fsp3) is 0. The second-order valence-corrected chi connectivity index (χ2v) is 6.01. The Kier molecular flexibility index (Phi) is 3.09. The number of fused-ring (bicyclic) bond motifs is 1. The Morgan fingerprint density at radius 3 is 2.89 bits per heavy atom. The van der Waals surface area contributed by atoms with Crippen LogP contribution in [0.15, 0.2) is 42.5 Å². The van der Waals surface area contributed by atoms with Gasteiger partial charge in [-0.25, -0.2) is 4.98 Å². The Hall–Kier alpha value is -1.34. The molecule has 3 nitrogen and oxygen atoms in total. The molecule has 90 valence electrons. The van der Waals surface area contributed by atoms with E-state index in [4.69, 9.17) is 10.5 Å². The van der Waals surface area contributed by atoms with E-state index in [1.54, 1.807) is 0 Å². The molecule has 0 saturated carbocycles. The molecule has 0 aliphatic heterocycles. The van der Waals surface area contributed by atoms with Gasteiger partial charge >= 0.3 is 0 Å². The highest BCUT2D eigenvalue weighted by molar-refractivity contribution is 14.1. The third kappa shape index (κ3) is 2.41. The van der Waals surface area contributed by atoms with Gasteiger partial charge in [0.25, 0.3) is 5.19 Å². The molecule has 0 bridgehead atoms. The van der Waals surface area contributed by atoms with Crippen LogP contribution in [0.25, 0.3) is 10.2 Å². The SMILES string of the molecule is Nc1ccc2nc(Oc3cccc(I)c3)sc2c1. The first-order valence-corrected chi connectivity index (χ1v) is 7.20. The monoisotopic (exact) mass is 368 g/mol. The molecule has 0 aliphatic carbocycles. The Bertz CT molecular complexity index is 711. The maximum Gasteiger partial charge on any atom is 0.279 e. The van der Waals surface area contributed by atoms with Gasteiger partial charge in [0.2, 0.25) is 0 Å². The van der Waals surface area contributed by atoms with Crippen LogP contribution in [0, 0.1) is 3.57 Å². The molecule has 3 rings (SSSR count). The number of ether oxygens (including phenoxy) is 1. The summed E-state index contributed by atoms with van der Waals surface area (Å²) >= 11 is 3.75. The third-order valence-corrected chi connectivity index (χ3v) is 3.96. The van der Waals surface area contributed by atoms with Crippen molar-refractivity contribution in [1.29, 1.82) is 0 Å². The van der Waals surface area contributed by atoms with Crippen molar-refractivity contribution in [2.45, 2.75) is 0 Å². The summed E-state index contributed by atoms with van der Waals surface area (Å²) in [5, 5.41) is 0.637. The maximum absolute atomic E-state index is 5.75. The highest BCUT2D eigenvalue weighted by atomic mass is 127. The molecule has 0 saturated heterocycles. The van der Waals surface area contributed by atoms with Crippen molar-refractivity contribution in [1.82, 2.24) is 4.98 Å². The highest BCUT2D eigenvalue weighted by Crippen LogP contribution is 2.32. The van der Waals surface area contributed by atoms with Gasteiger partial charge in [-0.15, -0.1) is 0 Å². The molecule has 0 spiro atoms. The fourth-order valence-electron chi connectivity index (χ4n) is 1.60. The Labute approximate surface area is 122 Å². The van der Waals surface area contributed by atoms with Crippen LogP contribution in [0.4, 0.5) is 5.69 Å². The van der Waals surface area contributed by atoms with E-state index >= 15 is 0 Å². The Morgan fingerprint density at radius 2 is 2.06 bits per heavy atom. The minimum Gasteiger partial charge on any atom is -0.431 e. The zero-order valence-corrected chi connectivity index (χ0v) is 12.2. The van der Waals surface area contributed by atoms with Crippen molar-refractivity contribution in [2.24, 2.45) is 0 Å². The normalized spacial score (nSPS) is 10.7. The first kappa shape index (κ1) is 11.7. The van der Waals surface area contributed by atoms with Crippen molar-refractivity contribution in [3.8, 4) is 10.9 Å². The zero-order chi connectivity index (χ0) is 12.5. The van der Waals surface area contributed by atoms with Crippen molar-refractivity contribution in [3.63, 3.8) is 0 Å². The standard InChI is InChI=1S/C13H9IN2OS/c14-8-2-1-3-10(6-8)17-13-16-11-5-4-9(15)7-12(11)18-13/h1-7H,15H2.